The Morgan fingerprint density at radius 1 is 1.24 bits per heavy atom. The van der Waals surface area contributed by atoms with Gasteiger partial charge in [-0.05, 0) is 12.1 Å². The van der Waals surface area contributed by atoms with Gasteiger partial charge >= 0.3 is 6.18 Å². The fourth-order valence-electron chi connectivity index (χ4n) is 1.94. The number of imidazole rings is 1. The van der Waals surface area contributed by atoms with Crippen LogP contribution >= 0.6 is 0 Å². The molecule has 0 aliphatic heterocycles. The van der Waals surface area contributed by atoms with Crippen molar-refractivity contribution >= 4 is 0 Å². The lowest BCUT2D eigenvalue weighted by atomic mass is 10.1. The maximum Gasteiger partial charge on any atom is 0.416 e. The molecule has 0 radical (unpaired) electrons. The maximum atomic E-state index is 12.5. The summed E-state index contributed by atoms with van der Waals surface area (Å²) >= 11 is 0. The van der Waals surface area contributed by atoms with Crippen LogP contribution in [0.2, 0.25) is 0 Å². The van der Waals surface area contributed by atoms with Crippen molar-refractivity contribution < 1.29 is 23.0 Å². The van der Waals surface area contributed by atoms with Gasteiger partial charge in [0.1, 0.15) is 5.82 Å². The lowest BCUT2D eigenvalue weighted by molar-refractivity contribution is -0.137. The average Bonchev–Trinajstić information content (AvgIpc) is 2.87. The molecule has 1 heterocycles. The van der Waals surface area contributed by atoms with Gasteiger partial charge in [0.05, 0.1) is 30.2 Å². The molecular weight excluding hydrogens is 285 g/mol. The van der Waals surface area contributed by atoms with Gasteiger partial charge in [-0.2, -0.15) is 13.2 Å². The smallest absolute Gasteiger partial charge is 0.390 e. The Hall–Kier alpha value is -1.86. The molecule has 1 aromatic heterocycles. The van der Waals surface area contributed by atoms with Crippen LogP contribution in [0.3, 0.4) is 0 Å². The number of methoxy groups -OCH3 is 1. The van der Waals surface area contributed by atoms with E-state index in [2.05, 4.69) is 9.97 Å². The van der Waals surface area contributed by atoms with Gasteiger partial charge in [0.15, 0.2) is 0 Å². The van der Waals surface area contributed by atoms with Crippen LogP contribution in [0, 0.1) is 0 Å². The fraction of sp³-hybridized carbons (Fsp3) is 0.357. The van der Waals surface area contributed by atoms with Crippen LogP contribution in [-0.2, 0) is 23.9 Å². The second-order valence-electron chi connectivity index (χ2n) is 4.49. The minimum atomic E-state index is -4.36. The third-order valence-electron chi connectivity index (χ3n) is 3.05. The molecule has 0 saturated carbocycles. The number of aromatic nitrogens is 2. The molecule has 7 heteroatoms. The van der Waals surface area contributed by atoms with Crippen molar-refractivity contribution in [2.45, 2.75) is 19.2 Å². The van der Waals surface area contributed by atoms with Crippen LogP contribution in [-0.4, -0.2) is 28.8 Å². The zero-order valence-electron chi connectivity index (χ0n) is 11.4. The predicted octanol–water partition coefficient (Wildman–Crippen LogP) is 2.78. The standard InChI is InChI=1S/C14H15F3N2O2/c1-21-7-6-11-12(8-20)19-13(18-11)9-2-4-10(5-3-9)14(15,16)17/h2-5,20H,6-8H2,1H3,(H,18,19). The Labute approximate surface area is 119 Å². The summed E-state index contributed by atoms with van der Waals surface area (Å²) in [5, 5.41) is 9.27. The van der Waals surface area contributed by atoms with E-state index in [0.717, 1.165) is 12.1 Å². The van der Waals surface area contributed by atoms with Crippen molar-refractivity contribution in [3.63, 3.8) is 0 Å². The van der Waals surface area contributed by atoms with Gasteiger partial charge in [0.25, 0.3) is 0 Å². The van der Waals surface area contributed by atoms with Crippen molar-refractivity contribution in [3.05, 3.63) is 41.2 Å². The number of alkyl halides is 3. The van der Waals surface area contributed by atoms with E-state index >= 15 is 0 Å². The third-order valence-corrected chi connectivity index (χ3v) is 3.05. The first-order chi connectivity index (χ1) is 9.95. The van der Waals surface area contributed by atoms with Gasteiger partial charge in [0.2, 0.25) is 0 Å². The number of halogens is 3. The zero-order chi connectivity index (χ0) is 15.5. The monoisotopic (exact) mass is 300 g/mol. The molecule has 0 aliphatic rings. The van der Waals surface area contributed by atoms with E-state index < -0.39 is 11.7 Å². The second-order valence-corrected chi connectivity index (χ2v) is 4.49. The molecule has 1 aromatic carbocycles. The minimum Gasteiger partial charge on any atom is -0.390 e. The Morgan fingerprint density at radius 3 is 2.43 bits per heavy atom. The highest BCUT2D eigenvalue weighted by molar-refractivity contribution is 5.56. The maximum absolute atomic E-state index is 12.5. The highest BCUT2D eigenvalue weighted by Crippen LogP contribution is 2.30. The van der Waals surface area contributed by atoms with Crippen molar-refractivity contribution in [1.82, 2.24) is 9.97 Å². The van der Waals surface area contributed by atoms with E-state index in [1.54, 1.807) is 7.11 Å². The SMILES string of the molecule is COCCc1nc(-c2ccc(C(F)(F)F)cc2)[nH]c1CO. The number of nitrogens with one attached hydrogen (secondary N) is 1. The van der Waals surface area contributed by atoms with E-state index in [1.165, 1.54) is 12.1 Å². The number of benzene rings is 1. The molecule has 0 unspecified atom stereocenters. The van der Waals surface area contributed by atoms with Gasteiger partial charge in [0, 0.05) is 19.1 Å². The first-order valence-corrected chi connectivity index (χ1v) is 6.31. The predicted molar refractivity (Wildman–Crippen MR) is 70.5 cm³/mol. The van der Waals surface area contributed by atoms with E-state index in [0.29, 0.717) is 35.8 Å². The third kappa shape index (κ3) is 3.62. The summed E-state index contributed by atoms with van der Waals surface area (Å²) in [6.45, 7) is 0.233. The molecule has 21 heavy (non-hydrogen) atoms. The molecule has 0 aliphatic carbocycles. The molecule has 0 bridgehead atoms. The van der Waals surface area contributed by atoms with Gasteiger partial charge < -0.3 is 14.8 Å². The van der Waals surface area contributed by atoms with E-state index in [-0.39, 0.29) is 6.61 Å². The molecular formula is C14H15F3N2O2. The highest BCUT2D eigenvalue weighted by atomic mass is 19.4. The molecule has 0 amide bonds. The van der Waals surface area contributed by atoms with Gasteiger partial charge in [-0.25, -0.2) is 4.98 Å². The van der Waals surface area contributed by atoms with Gasteiger partial charge in [-0.3, -0.25) is 0 Å². The van der Waals surface area contributed by atoms with Crippen molar-refractivity contribution in [2.24, 2.45) is 0 Å². The summed E-state index contributed by atoms with van der Waals surface area (Å²) in [6, 6.07) is 4.71. The molecule has 2 aromatic rings. The number of ether oxygens (including phenoxy) is 1. The molecule has 0 spiro atoms. The number of hydrogen-bond acceptors (Lipinski definition) is 3. The molecule has 2 rings (SSSR count). The Kier molecular flexibility index (Phi) is 4.64. The van der Waals surface area contributed by atoms with E-state index in [1.807, 2.05) is 0 Å². The number of nitrogens with zero attached hydrogens (tertiary/aromatic N) is 1. The van der Waals surface area contributed by atoms with Crippen LogP contribution in [0.5, 0.6) is 0 Å². The number of aliphatic hydroxyl groups is 1. The lowest BCUT2D eigenvalue weighted by Gasteiger charge is -2.06. The number of aliphatic hydroxyl groups excluding tert-OH is 1. The van der Waals surface area contributed by atoms with Gasteiger partial charge in [-0.15, -0.1) is 0 Å². The number of aromatic amines is 1. The van der Waals surface area contributed by atoms with Crippen LogP contribution in [0.1, 0.15) is 17.0 Å². The molecule has 4 nitrogen and oxygen atoms in total. The lowest BCUT2D eigenvalue weighted by Crippen LogP contribution is -2.04. The summed E-state index contributed by atoms with van der Waals surface area (Å²) in [5.41, 5.74) is 1.01. The second kappa shape index (κ2) is 6.28. The first-order valence-electron chi connectivity index (χ1n) is 6.31. The van der Waals surface area contributed by atoms with Crippen molar-refractivity contribution in [3.8, 4) is 11.4 Å². The van der Waals surface area contributed by atoms with Crippen molar-refractivity contribution in [1.29, 1.82) is 0 Å². The van der Waals surface area contributed by atoms with Gasteiger partial charge in [-0.1, -0.05) is 12.1 Å². The van der Waals surface area contributed by atoms with Crippen LogP contribution in [0.4, 0.5) is 13.2 Å². The van der Waals surface area contributed by atoms with E-state index in [4.69, 9.17) is 4.74 Å². The van der Waals surface area contributed by atoms with E-state index in [9.17, 15) is 18.3 Å². The zero-order valence-corrected chi connectivity index (χ0v) is 11.4. The van der Waals surface area contributed by atoms with Crippen LogP contribution in [0.25, 0.3) is 11.4 Å². The quantitative estimate of drug-likeness (QED) is 0.892. The van der Waals surface area contributed by atoms with Crippen molar-refractivity contribution in [2.75, 3.05) is 13.7 Å². The number of H-pyrrole nitrogens is 1. The topological polar surface area (TPSA) is 58.1 Å². The van der Waals surface area contributed by atoms with Crippen LogP contribution < -0.4 is 0 Å². The normalized spacial score (nSPS) is 11.9. The summed E-state index contributed by atoms with van der Waals surface area (Å²) in [7, 11) is 1.56. The fourth-order valence-corrected chi connectivity index (χ4v) is 1.94. The van der Waals surface area contributed by atoms with Crippen LogP contribution in [0.15, 0.2) is 24.3 Å². The Morgan fingerprint density at radius 2 is 1.90 bits per heavy atom. The molecule has 0 atom stereocenters. The highest BCUT2D eigenvalue weighted by Gasteiger charge is 2.30. The first kappa shape index (κ1) is 15.5. The molecule has 0 saturated heterocycles. The molecule has 0 fully saturated rings. The number of hydrogen-bond donors (Lipinski definition) is 2. The summed E-state index contributed by atoms with van der Waals surface area (Å²) in [6.07, 6.45) is -3.84. The summed E-state index contributed by atoms with van der Waals surface area (Å²) in [5.74, 6) is 0.430. The minimum absolute atomic E-state index is 0.216. The largest absolute Gasteiger partial charge is 0.416 e. The summed E-state index contributed by atoms with van der Waals surface area (Å²) < 4.78 is 42.5. The Balaban J connectivity index is 2.27. The Bertz CT molecular complexity index is 591. The summed E-state index contributed by atoms with van der Waals surface area (Å²) in [4.78, 5) is 7.22. The average molecular weight is 300 g/mol. The molecule has 2 N–H and O–H groups in total. The molecule has 114 valence electrons. The number of rotatable bonds is 5.